The lowest BCUT2D eigenvalue weighted by Gasteiger charge is -2.29. The van der Waals surface area contributed by atoms with Crippen LogP contribution in [0.5, 0.6) is 5.75 Å². The first-order valence-electron chi connectivity index (χ1n) is 8.66. The van der Waals surface area contributed by atoms with Gasteiger partial charge in [-0.25, -0.2) is 4.79 Å². The monoisotopic (exact) mass is 419 g/mol. The number of anilines is 1. The van der Waals surface area contributed by atoms with Gasteiger partial charge in [0.1, 0.15) is 5.75 Å². The molecule has 2 aromatic carbocycles. The number of ether oxygens (including phenoxy) is 1. The summed E-state index contributed by atoms with van der Waals surface area (Å²) in [6.07, 6.45) is 0. The van der Waals surface area contributed by atoms with Crippen LogP contribution in [0.25, 0.3) is 0 Å². The van der Waals surface area contributed by atoms with Crippen LogP contribution in [0, 0.1) is 0 Å². The zero-order chi connectivity index (χ0) is 20.3. The second-order valence-corrected chi connectivity index (χ2v) is 6.99. The van der Waals surface area contributed by atoms with Crippen molar-refractivity contribution in [3.8, 4) is 5.75 Å². The van der Waals surface area contributed by atoms with E-state index in [0.29, 0.717) is 44.9 Å². The van der Waals surface area contributed by atoms with Crippen LogP contribution in [0.4, 0.5) is 10.5 Å². The van der Waals surface area contributed by atoms with Gasteiger partial charge in [-0.3, -0.25) is 4.79 Å². The molecule has 1 heterocycles. The number of halogens is 2. The Hall–Kier alpha value is -2.70. The second-order valence-electron chi connectivity index (χ2n) is 6.15. The van der Waals surface area contributed by atoms with Crippen LogP contribution >= 0.6 is 23.2 Å². The topological polar surface area (TPSA) is 79.5 Å². The molecule has 0 aliphatic carbocycles. The Morgan fingerprint density at radius 1 is 1.18 bits per heavy atom. The van der Waals surface area contributed by atoms with Gasteiger partial charge in [0.25, 0.3) is 5.91 Å². The minimum absolute atomic E-state index is 0.356. The summed E-state index contributed by atoms with van der Waals surface area (Å²) in [5.74, 6) is 0.360. The van der Waals surface area contributed by atoms with E-state index in [-0.39, 0.29) is 5.91 Å². The molecule has 146 valence electrons. The van der Waals surface area contributed by atoms with Gasteiger partial charge in [0, 0.05) is 21.4 Å². The van der Waals surface area contributed by atoms with Gasteiger partial charge in [-0.05, 0) is 55.8 Å². The van der Waals surface area contributed by atoms with Crippen LogP contribution in [-0.2, 0) is 4.79 Å². The maximum atomic E-state index is 13.0. The number of benzene rings is 2. The van der Waals surface area contributed by atoms with Gasteiger partial charge in [-0.1, -0.05) is 29.3 Å². The SMILES string of the molecule is CCOc1ccc(NC(=O)C2=C(C)NC(=O)N[C@@H]2c2ccc(Cl)cc2Cl)cc1. The van der Waals surface area contributed by atoms with Gasteiger partial charge < -0.3 is 20.7 Å². The summed E-state index contributed by atoms with van der Waals surface area (Å²) in [7, 11) is 0. The fraction of sp³-hybridized carbons (Fsp3) is 0.200. The van der Waals surface area contributed by atoms with E-state index >= 15 is 0 Å². The quantitative estimate of drug-likeness (QED) is 0.659. The summed E-state index contributed by atoms with van der Waals surface area (Å²) in [5, 5.41) is 9.05. The Morgan fingerprint density at radius 2 is 1.89 bits per heavy atom. The van der Waals surface area contributed by atoms with Crippen LogP contribution in [0.1, 0.15) is 25.5 Å². The van der Waals surface area contributed by atoms with Gasteiger partial charge in [0.2, 0.25) is 0 Å². The van der Waals surface area contributed by atoms with E-state index in [1.807, 2.05) is 6.92 Å². The molecule has 0 saturated carbocycles. The standard InChI is InChI=1S/C20H19Cl2N3O3/c1-3-28-14-7-5-13(6-8-14)24-19(26)17-11(2)23-20(27)25-18(17)15-9-4-12(21)10-16(15)22/h4-10,18H,3H2,1-2H3,(H,24,26)(H2,23,25,27)/t18-/m1/s1. The first-order valence-corrected chi connectivity index (χ1v) is 9.42. The van der Waals surface area contributed by atoms with Crippen molar-refractivity contribution in [1.82, 2.24) is 10.6 Å². The summed E-state index contributed by atoms with van der Waals surface area (Å²) >= 11 is 12.3. The van der Waals surface area contributed by atoms with Crippen LogP contribution in [0.15, 0.2) is 53.7 Å². The number of amides is 3. The molecule has 0 saturated heterocycles. The van der Waals surface area contributed by atoms with Gasteiger partial charge in [0.15, 0.2) is 0 Å². The number of hydrogen-bond acceptors (Lipinski definition) is 3. The summed E-state index contributed by atoms with van der Waals surface area (Å²) in [6, 6.07) is 10.9. The largest absolute Gasteiger partial charge is 0.494 e. The number of carbonyl (C=O) groups excluding carboxylic acids is 2. The molecule has 6 nitrogen and oxygen atoms in total. The minimum atomic E-state index is -0.707. The van der Waals surface area contributed by atoms with Crippen molar-refractivity contribution in [3.05, 3.63) is 69.3 Å². The number of carbonyl (C=O) groups is 2. The number of allylic oxidation sites excluding steroid dienone is 1. The molecule has 0 radical (unpaired) electrons. The third kappa shape index (κ3) is 4.40. The Morgan fingerprint density at radius 3 is 2.54 bits per heavy atom. The smallest absolute Gasteiger partial charge is 0.319 e. The van der Waals surface area contributed by atoms with E-state index in [1.54, 1.807) is 49.4 Å². The molecule has 0 spiro atoms. The lowest BCUT2D eigenvalue weighted by Crippen LogP contribution is -2.46. The van der Waals surface area contributed by atoms with Crippen molar-refractivity contribution in [1.29, 1.82) is 0 Å². The van der Waals surface area contributed by atoms with E-state index in [9.17, 15) is 9.59 Å². The molecule has 1 aliphatic heterocycles. The highest BCUT2D eigenvalue weighted by Gasteiger charge is 2.32. The maximum Gasteiger partial charge on any atom is 0.319 e. The molecule has 1 atom stereocenters. The van der Waals surface area contributed by atoms with Crippen LogP contribution < -0.4 is 20.7 Å². The fourth-order valence-corrected chi connectivity index (χ4v) is 3.48. The number of urea groups is 1. The van der Waals surface area contributed by atoms with Crippen LogP contribution in [0.2, 0.25) is 10.0 Å². The summed E-state index contributed by atoms with van der Waals surface area (Å²) in [6.45, 7) is 4.13. The molecular weight excluding hydrogens is 401 g/mol. The van der Waals surface area contributed by atoms with Crippen molar-refractivity contribution < 1.29 is 14.3 Å². The molecule has 0 fully saturated rings. The van der Waals surface area contributed by atoms with E-state index in [4.69, 9.17) is 27.9 Å². The van der Waals surface area contributed by atoms with Gasteiger partial charge in [-0.2, -0.15) is 0 Å². The number of rotatable bonds is 5. The highest BCUT2D eigenvalue weighted by atomic mass is 35.5. The predicted octanol–water partition coefficient (Wildman–Crippen LogP) is 4.66. The molecule has 3 rings (SSSR count). The highest BCUT2D eigenvalue weighted by molar-refractivity contribution is 6.35. The molecule has 3 amide bonds. The van der Waals surface area contributed by atoms with Crippen molar-refractivity contribution in [2.75, 3.05) is 11.9 Å². The molecule has 2 aromatic rings. The Balaban J connectivity index is 1.90. The Kier molecular flexibility index (Phi) is 6.11. The summed E-state index contributed by atoms with van der Waals surface area (Å²) in [4.78, 5) is 25.0. The van der Waals surface area contributed by atoms with Gasteiger partial charge in [-0.15, -0.1) is 0 Å². The molecule has 3 N–H and O–H groups in total. The predicted molar refractivity (Wildman–Crippen MR) is 110 cm³/mol. The molecule has 28 heavy (non-hydrogen) atoms. The average molecular weight is 420 g/mol. The summed E-state index contributed by atoms with van der Waals surface area (Å²) < 4.78 is 5.40. The summed E-state index contributed by atoms with van der Waals surface area (Å²) in [5.41, 5.74) is 1.99. The highest BCUT2D eigenvalue weighted by Crippen LogP contribution is 2.33. The molecule has 0 bridgehead atoms. The molecule has 0 aromatic heterocycles. The maximum absolute atomic E-state index is 13.0. The third-order valence-corrected chi connectivity index (χ3v) is 4.77. The van der Waals surface area contributed by atoms with Crippen molar-refractivity contribution in [3.63, 3.8) is 0 Å². The molecule has 8 heteroatoms. The molecule has 0 unspecified atom stereocenters. The van der Waals surface area contributed by atoms with E-state index < -0.39 is 12.1 Å². The first kappa shape index (κ1) is 20.0. The zero-order valence-electron chi connectivity index (χ0n) is 15.3. The number of nitrogens with one attached hydrogen (secondary N) is 3. The number of hydrogen-bond donors (Lipinski definition) is 3. The van der Waals surface area contributed by atoms with Gasteiger partial charge in [0.05, 0.1) is 18.2 Å². The van der Waals surface area contributed by atoms with E-state index in [1.165, 1.54) is 0 Å². The van der Waals surface area contributed by atoms with Crippen molar-refractivity contribution in [2.45, 2.75) is 19.9 Å². The van der Waals surface area contributed by atoms with Crippen molar-refractivity contribution >= 4 is 40.8 Å². The van der Waals surface area contributed by atoms with Crippen LogP contribution in [-0.4, -0.2) is 18.5 Å². The molecular formula is C20H19Cl2N3O3. The first-order chi connectivity index (χ1) is 13.4. The van der Waals surface area contributed by atoms with Crippen molar-refractivity contribution in [2.24, 2.45) is 0 Å². The molecule has 1 aliphatic rings. The minimum Gasteiger partial charge on any atom is -0.494 e. The van der Waals surface area contributed by atoms with Gasteiger partial charge >= 0.3 is 6.03 Å². The fourth-order valence-electron chi connectivity index (χ4n) is 2.96. The average Bonchev–Trinajstić information content (AvgIpc) is 2.63. The lowest BCUT2D eigenvalue weighted by atomic mass is 9.94. The zero-order valence-corrected chi connectivity index (χ0v) is 16.8. The van der Waals surface area contributed by atoms with E-state index in [2.05, 4.69) is 16.0 Å². The Bertz CT molecular complexity index is 942. The Labute approximate surface area is 172 Å². The van der Waals surface area contributed by atoms with Crippen LogP contribution in [0.3, 0.4) is 0 Å². The second kappa shape index (κ2) is 8.54. The lowest BCUT2D eigenvalue weighted by molar-refractivity contribution is -0.113. The van der Waals surface area contributed by atoms with E-state index in [0.717, 1.165) is 0 Å². The third-order valence-electron chi connectivity index (χ3n) is 4.21. The normalized spacial score (nSPS) is 16.3.